The molecule has 0 unspecified atom stereocenters. The lowest BCUT2D eigenvalue weighted by atomic mass is 10.1. The van der Waals surface area contributed by atoms with Crippen LogP contribution in [0.2, 0.25) is 0 Å². The van der Waals surface area contributed by atoms with Gasteiger partial charge in [0.2, 0.25) is 0 Å². The summed E-state index contributed by atoms with van der Waals surface area (Å²) in [5.41, 5.74) is 2.40. The number of nitrogens with zero attached hydrogens (tertiary/aromatic N) is 2. The summed E-state index contributed by atoms with van der Waals surface area (Å²) in [6.07, 6.45) is -0.383. The average Bonchev–Trinajstić information content (AvgIpc) is 2.88. The minimum atomic E-state index is -0.383. The van der Waals surface area contributed by atoms with Crippen LogP contribution in [-0.4, -0.2) is 40.3 Å². The van der Waals surface area contributed by atoms with E-state index in [1.807, 2.05) is 0 Å². The molecule has 26 heavy (non-hydrogen) atoms. The summed E-state index contributed by atoms with van der Waals surface area (Å²) >= 11 is 0. The van der Waals surface area contributed by atoms with Gasteiger partial charge in [0, 0.05) is 41.4 Å². The van der Waals surface area contributed by atoms with Crippen LogP contribution in [0.15, 0.2) is 48.5 Å². The summed E-state index contributed by atoms with van der Waals surface area (Å²) in [5, 5.41) is 13.4. The molecule has 1 heterocycles. The molecular weight excluding hydrogens is 320 g/mol. The zero-order chi connectivity index (χ0) is 18.7. The first-order valence-electron chi connectivity index (χ1n) is 9.82. The maximum Gasteiger partial charge on any atom is 0.0845 e. The molecule has 3 aromatic rings. The van der Waals surface area contributed by atoms with Gasteiger partial charge < -0.3 is 14.6 Å². The SMILES string of the molecule is CC(C)CN(CC(C)C)C[C@H](O)Cn1c2ccccc2c2ccccc21. The molecule has 0 saturated carbocycles. The Kier molecular flexibility index (Phi) is 6.00. The lowest BCUT2D eigenvalue weighted by Gasteiger charge is -2.28. The molecule has 0 aliphatic rings. The highest BCUT2D eigenvalue weighted by Gasteiger charge is 2.17. The van der Waals surface area contributed by atoms with Crippen molar-refractivity contribution >= 4 is 21.8 Å². The molecule has 1 N–H and O–H groups in total. The molecule has 0 spiro atoms. The Labute approximate surface area is 157 Å². The van der Waals surface area contributed by atoms with E-state index >= 15 is 0 Å². The van der Waals surface area contributed by atoms with Gasteiger partial charge >= 0.3 is 0 Å². The van der Waals surface area contributed by atoms with Gasteiger partial charge in [0.15, 0.2) is 0 Å². The molecule has 0 saturated heterocycles. The lowest BCUT2D eigenvalue weighted by Crippen LogP contribution is -2.39. The third kappa shape index (κ3) is 4.28. The van der Waals surface area contributed by atoms with Crippen LogP contribution in [-0.2, 0) is 6.54 Å². The van der Waals surface area contributed by atoms with Crippen molar-refractivity contribution in [3.05, 3.63) is 48.5 Å². The number of benzene rings is 2. The van der Waals surface area contributed by atoms with Crippen molar-refractivity contribution < 1.29 is 5.11 Å². The van der Waals surface area contributed by atoms with Crippen LogP contribution in [0.3, 0.4) is 0 Å². The molecule has 0 aliphatic heterocycles. The average molecular weight is 353 g/mol. The van der Waals surface area contributed by atoms with Crippen LogP contribution < -0.4 is 0 Å². The number of hydrogen-bond donors (Lipinski definition) is 1. The molecule has 0 bridgehead atoms. The Morgan fingerprint density at radius 2 is 1.23 bits per heavy atom. The molecule has 3 nitrogen and oxygen atoms in total. The standard InChI is InChI=1S/C23H32N2O/c1-17(2)13-24(14-18(3)4)15-19(26)16-25-22-11-7-5-9-20(22)21-10-6-8-12-23(21)25/h5-12,17-19,26H,13-16H2,1-4H3/t19-/m0/s1. The largest absolute Gasteiger partial charge is 0.390 e. The van der Waals surface area contributed by atoms with Gasteiger partial charge in [-0.25, -0.2) is 0 Å². The highest BCUT2D eigenvalue weighted by Crippen LogP contribution is 2.28. The highest BCUT2D eigenvalue weighted by atomic mass is 16.3. The number of aromatic nitrogens is 1. The number of hydrogen-bond acceptors (Lipinski definition) is 2. The third-order valence-corrected chi connectivity index (χ3v) is 4.79. The summed E-state index contributed by atoms with van der Waals surface area (Å²) in [6.45, 7) is 12.4. The van der Waals surface area contributed by atoms with Gasteiger partial charge in [-0.1, -0.05) is 64.1 Å². The zero-order valence-corrected chi connectivity index (χ0v) is 16.5. The molecule has 3 heteroatoms. The van der Waals surface area contributed by atoms with E-state index in [-0.39, 0.29) is 6.10 Å². The van der Waals surface area contributed by atoms with Crippen LogP contribution in [0.1, 0.15) is 27.7 Å². The fourth-order valence-corrected chi connectivity index (χ4v) is 4.02. The monoisotopic (exact) mass is 352 g/mol. The molecule has 0 amide bonds. The molecule has 3 rings (SSSR count). The number of aliphatic hydroxyl groups is 1. The van der Waals surface area contributed by atoms with Crippen molar-refractivity contribution in [2.75, 3.05) is 19.6 Å². The Morgan fingerprint density at radius 1 is 0.769 bits per heavy atom. The lowest BCUT2D eigenvalue weighted by molar-refractivity contribution is 0.0877. The van der Waals surface area contributed by atoms with Gasteiger partial charge in [-0.3, -0.25) is 0 Å². The van der Waals surface area contributed by atoms with Gasteiger partial charge in [-0.2, -0.15) is 0 Å². The van der Waals surface area contributed by atoms with E-state index in [0.717, 1.165) is 19.6 Å². The number of fused-ring (bicyclic) bond motifs is 3. The second-order valence-electron chi connectivity index (χ2n) is 8.30. The summed E-state index contributed by atoms with van der Waals surface area (Å²) in [4.78, 5) is 2.41. The van der Waals surface area contributed by atoms with E-state index in [2.05, 4.69) is 85.7 Å². The first-order valence-corrected chi connectivity index (χ1v) is 9.82. The predicted molar refractivity (Wildman–Crippen MR) is 112 cm³/mol. The van der Waals surface area contributed by atoms with Crippen LogP contribution in [0.4, 0.5) is 0 Å². The smallest absolute Gasteiger partial charge is 0.0845 e. The second kappa shape index (κ2) is 8.24. The van der Waals surface area contributed by atoms with E-state index < -0.39 is 0 Å². The zero-order valence-electron chi connectivity index (χ0n) is 16.5. The van der Waals surface area contributed by atoms with Crippen molar-refractivity contribution in [1.82, 2.24) is 9.47 Å². The molecular formula is C23H32N2O. The van der Waals surface area contributed by atoms with E-state index in [0.29, 0.717) is 18.4 Å². The van der Waals surface area contributed by atoms with E-state index in [9.17, 15) is 5.11 Å². The molecule has 0 aliphatic carbocycles. The summed E-state index contributed by atoms with van der Waals surface area (Å²) in [5.74, 6) is 1.21. The van der Waals surface area contributed by atoms with Crippen LogP contribution in [0.5, 0.6) is 0 Å². The van der Waals surface area contributed by atoms with Crippen molar-refractivity contribution in [2.24, 2.45) is 11.8 Å². The van der Waals surface area contributed by atoms with Gasteiger partial charge in [0.25, 0.3) is 0 Å². The van der Waals surface area contributed by atoms with Gasteiger partial charge in [0.05, 0.1) is 12.6 Å². The fraction of sp³-hybridized carbons (Fsp3) is 0.478. The Bertz CT molecular complexity index is 786. The first-order chi connectivity index (χ1) is 12.5. The van der Waals surface area contributed by atoms with E-state index in [1.165, 1.54) is 21.8 Å². The quantitative estimate of drug-likeness (QED) is 0.632. The van der Waals surface area contributed by atoms with Crippen molar-refractivity contribution in [3.8, 4) is 0 Å². The summed E-state index contributed by atoms with van der Waals surface area (Å²) in [6, 6.07) is 17.0. The minimum Gasteiger partial charge on any atom is -0.390 e. The van der Waals surface area contributed by atoms with Gasteiger partial charge in [-0.15, -0.1) is 0 Å². The Balaban J connectivity index is 1.85. The number of rotatable bonds is 8. The van der Waals surface area contributed by atoms with Crippen LogP contribution in [0, 0.1) is 11.8 Å². The molecule has 2 aromatic carbocycles. The van der Waals surface area contributed by atoms with Gasteiger partial charge in [0.1, 0.15) is 0 Å². The molecule has 1 aromatic heterocycles. The minimum absolute atomic E-state index is 0.383. The number of para-hydroxylation sites is 2. The maximum atomic E-state index is 10.9. The van der Waals surface area contributed by atoms with Crippen LogP contribution in [0.25, 0.3) is 21.8 Å². The highest BCUT2D eigenvalue weighted by molar-refractivity contribution is 6.07. The summed E-state index contributed by atoms with van der Waals surface area (Å²) in [7, 11) is 0. The molecule has 0 radical (unpaired) electrons. The van der Waals surface area contributed by atoms with E-state index in [4.69, 9.17) is 0 Å². The van der Waals surface area contributed by atoms with Crippen LogP contribution >= 0.6 is 0 Å². The Hall–Kier alpha value is -1.84. The molecule has 140 valence electrons. The van der Waals surface area contributed by atoms with Crippen molar-refractivity contribution in [1.29, 1.82) is 0 Å². The Morgan fingerprint density at radius 3 is 1.69 bits per heavy atom. The first kappa shape index (κ1) is 18.9. The normalized spacial score (nSPS) is 13.5. The molecule has 1 atom stereocenters. The second-order valence-corrected chi connectivity index (χ2v) is 8.30. The fourth-order valence-electron chi connectivity index (χ4n) is 4.02. The predicted octanol–water partition coefficient (Wildman–Crippen LogP) is 4.77. The third-order valence-electron chi connectivity index (χ3n) is 4.79. The number of aliphatic hydroxyl groups excluding tert-OH is 1. The van der Waals surface area contributed by atoms with Crippen molar-refractivity contribution in [3.63, 3.8) is 0 Å². The maximum absolute atomic E-state index is 10.9. The van der Waals surface area contributed by atoms with E-state index in [1.54, 1.807) is 0 Å². The summed E-state index contributed by atoms with van der Waals surface area (Å²) < 4.78 is 2.28. The topological polar surface area (TPSA) is 28.4 Å². The van der Waals surface area contributed by atoms with Crippen molar-refractivity contribution in [2.45, 2.75) is 40.3 Å². The van der Waals surface area contributed by atoms with Gasteiger partial charge in [-0.05, 0) is 24.0 Å². The molecule has 0 fully saturated rings.